The predicted octanol–water partition coefficient (Wildman–Crippen LogP) is 2.27. The van der Waals surface area contributed by atoms with E-state index in [9.17, 15) is 24.3 Å². The first-order valence-electron chi connectivity index (χ1n) is 10.8. The molecule has 33 heavy (non-hydrogen) atoms. The number of carbonyl (C=O) groups is 4. The molecule has 1 aliphatic heterocycles. The topological polar surface area (TPSA) is 116 Å². The fourth-order valence-corrected chi connectivity index (χ4v) is 5.58. The Morgan fingerprint density at radius 3 is 2.33 bits per heavy atom. The summed E-state index contributed by atoms with van der Waals surface area (Å²) in [7, 11) is 0. The summed E-state index contributed by atoms with van der Waals surface area (Å²) in [6, 6.07) is 0. The third-order valence-corrected chi connectivity index (χ3v) is 7.65. The molecular formula is C24H29ClO8. The van der Waals surface area contributed by atoms with Gasteiger partial charge in [-0.3, -0.25) is 19.2 Å². The Hall–Kier alpha value is -2.45. The number of alkyl halides is 1. The molecule has 3 rings (SSSR count). The molecule has 9 atom stereocenters. The van der Waals surface area contributed by atoms with Crippen LogP contribution >= 0.6 is 11.6 Å². The number of hydrogen-bond donors (Lipinski definition) is 1. The molecule has 0 spiro atoms. The molecule has 0 bridgehead atoms. The van der Waals surface area contributed by atoms with Gasteiger partial charge in [0.2, 0.25) is 0 Å². The summed E-state index contributed by atoms with van der Waals surface area (Å²) in [5.74, 6) is -5.06. The highest BCUT2D eigenvalue weighted by Gasteiger charge is 2.67. The summed E-state index contributed by atoms with van der Waals surface area (Å²) in [5.41, 5.74) is -2.90. The molecule has 8 nitrogen and oxygen atoms in total. The molecule has 0 saturated carbocycles. The van der Waals surface area contributed by atoms with E-state index in [1.54, 1.807) is 32.1 Å². The Labute approximate surface area is 197 Å². The number of fused-ring (bicyclic) bond motifs is 2. The fourth-order valence-electron chi connectivity index (χ4n) is 5.26. The Kier molecular flexibility index (Phi) is 6.65. The second-order valence-corrected chi connectivity index (χ2v) is 9.75. The van der Waals surface area contributed by atoms with Crippen molar-refractivity contribution in [3.63, 3.8) is 0 Å². The first-order chi connectivity index (χ1) is 15.2. The van der Waals surface area contributed by atoms with E-state index in [2.05, 4.69) is 6.58 Å². The Bertz CT molecular complexity index is 954. The van der Waals surface area contributed by atoms with Crippen LogP contribution in [0, 0.1) is 23.2 Å². The first kappa shape index (κ1) is 25.2. The van der Waals surface area contributed by atoms with Crippen molar-refractivity contribution in [3.05, 3.63) is 36.5 Å². The molecule has 1 fully saturated rings. The summed E-state index contributed by atoms with van der Waals surface area (Å²) in [6.07, 6.45) is 2.51. The highest BCUT2D eigenvalue weighted by Crippen LogP contribution is 2.53. The van der Waals surface area contributed by atoms with E-state index in [0.29, 0.717) is 5.57 Å². The maximum Gasteiger partial charge on any atom is 0.312 e. The molecule has 1 heterocycles. The van der Waals surface area contributed by atoms with Gasteiger partial charge in [-0.25, -0.2) is 0 Å². The van der Waals surface area contributed by atoms with Gasteiger partial charge in [-0.1, -0.05) is 32.6 Å². The van der Waals surface area contributed by atoms with Gasteiger partial charge in [-0.05, 0) is 24.6 Å². The highest BCUT2D eigenvalue weighted by molar-refractivity contribution is 6.23. The van der Waals surface area contributed by atoms with Gasteiger partial charge in [-0.15, -0.1) is 11.6 Å². The van der Waals surface area contributed by atoms with E-state index in [0.717, 1.165) is 0 Å². The Morgan fingerprint density at radius 1 is 1.15 bits per heavy atom. The summed E-state index contributed by atoms with van der Waals surface area (Å²) in [5, 5.41) is 11.0. The number of hydrogen-bond acceptors (Lipinski definition) is 8. The standard InChI is InChI=1S/C24H29ClO8/c1-11-7-8-17(31-14(4)26)23(6)10-9-16(28)12(2)18(23)20(32-15(5)27)24(30)13(3)22(29)33-21(24)19(11)25/h7-10,12-13,17-21,30H,1H2,2-6H3. The molecule has 3 aliphatic rings. The van der Waals surface area contributed by atoms with Crippen molar-refractivity contribution >= 4 is 35.3 Å². The average Bonchev–Trinajstić information content (AvgIpc) is 2.96. The largest absolute Gasteiger partial charge is 0.459 e. The van der Waals surface area contributed by atoms with Crippen molar-refractivity contribution in [2.75, 3.05) is 0 Å². The van der Waals surface area contributed by atoms with Gasteiger partial charge in [0.25, 0.3) is 0 Å². The molecule has 0 aromatic carbocycles. The Morgan fingerprint density at radius 2 is 1.76 bits per heavy atom. The minimum atomic E-state index is -2.09. The van der Waals surface area contributed by atoms with Gasteiger partial charge in [-0.2, -0.15) is 0 Å². The first-order valence-corrected chi connectivity index (χ1v) is 11.2. The number of esters is 3. The number of aliphatic hydroxyl groups is 1. The molecule has 9 unspecified atom stereocenters. The van der Waals surface area contributed by atoms with Crippen LogP contribution in [0.2, 0.25) is 0 Å². The molecule has 1 N–H and O–H groups in total. The number of ether oxygens (including phenoxy) is 3. The van der Waals surface area contributed by atoms with E-state index in [4.69, 9.17) is 25.8 Å². The van der Waals surface area contributed by atoms with Gasteiger partial charge >= 0.3 is 17.9 Å². The third kappa shape index (κ3) is 4.04. The third-order valence-electron chi connectivity index (χ3n) is 7.14. The van der Waals surface area contributed by atoms with E-state index >= 15 is 0 Å². The zero-order valence-corrected chi connectivity index (χ0v) is 20.0. The molecule has 1 saturated heterocycles. The van der Waals surface area contributed by atoms with Gasteiger partial charge in [0.05, 0.1) is 11.3 Å². The van der Waals surface area contributed by atoms with Crippen molar-refractivity contribution in [1.29, 1.82) is 0 Å². The summed E-state index contributed by atoms with van der Waals surface area (Å²) in [4.78, 5) is 49.7. The lowest BCUT2D eigenvalue weighted by Crippen LogP contribution is -2.65. The fraction of sp³-hybridized carbons (Fsp3) is 0.583. The van der Waals surface area contributed by atoms with Gasteiger partial charge in [0, 0.05) is 31.1 Å². The number of rotatable bonds is 2. The molecule has 0 amide bonds. The minimum Gasteiger partial charge on any atom is -0.459 e. The van der Waals surface area contributed by atoms with Crippen LogP contribution < -0.4 is 0 Å². The second kappa shape index (κ2) is 8.72. The number of allylic oxidation sites excluding steroid dienone is 2. The summed E-state index contributed by atoms with van der Waals surface area (Å²) in [6.45, 7) is 11.2. The van der Waals surface area contributed by atoms with Crippen LogP contribution in [0.5, 0.6) is 0 Å². The normalized spacial score (nSPS) is 42.8. The van der Waals surface area contributed by atoms with Crippen molar-refractivity contribution in [1.82, 2.24) is 0 Å². The number of carbonyl (C=O) groups excluding carboxylic acids is 4. The maximum absolute atomic E-state index is 12.8. The molecule has 180 valence electrons. The van der Waals surface area contributed by atoms with Gasteiger partial charge in [0.1, 0.15) is 12.2 Å². The molecule has 9 heteroatoms. The van der Waals surface area contributed by atoms with Crippen molar-refractivity contribution in [3.8, 4) is 0 Å². The summed E-state index contributed by atoms with van der Waals surface area (Å²) >= 11 is 6.60. The second-order valence-electron chi connectivity index (χ2n) is 9.28. The van der Waals surface area contributed by atoms with Crippen LogP contribution in [0.15, 0.2) is 36.5 Å². The summed E-state index contributed by atoms with van der Waals surface area (Å²) < 4.78 is 16.8. The van der Waals surface area contributed by atoms with E-state index in [-0.39, 0.29) is 5.78 Å². The van der Waals surface area contributed by atoms with Gasteiger partial charge < -0.3 is 19.3 Å². The maximum atomic E-state index is 12.8. The van der Waals surface area contributed by atoms with Crippen LogP contribution in [-0.2, 0) is 33.4 Å². The SMILES string of the molecule is C=C1C=CC(OC(C)=O)C2(C)C=CC(=O)C(C)C2C(OC(C)=O)C2(O)C(C)C(=O)OC2C1Cl. The smallest absolute Gasteiger partial charge is 0.312 e. The van der Waals surface area contributed by atoms with Crippen molar-refractivity contribution in [2.24, 2.45) is 23.2 Å². The van der Waals surface area contributed by atoms with Crippen molar-refractivity contribution in [2.45, 2.75) is 63.9 Å². The Balaban J connectivity index is 2.36. The monoisotopic (exact) mass is 480 g/mol. The minimum absolute atomic E-state index is 0.262. The quantitative estimate of drug-likeness (QED) is 0.363. The lowest BCUT2D eigenvalue weighted by molar-refractivity contribution is -0.205. The molecule has 0 aromatic heterocycles. The van der Waals surface area contributed by atoms with E-state index in [1.165, 1.54) is 26.8 Å². The number of halogens is 1. The average molecular weight is 481 g/mol. The zero-order chi connectivity index (χ0) is 24.9. The van der Waals surface area contributed by atoms with Crippen molar-refractivity contribution < 1.29 is 38.5 Å². The molecule has 2 aliphatic carbocycles. The van der Waals surface area contributed by atoms with E-state index in [1.807, 2.05) is 0 Å². The zero-order valence-electron chi connectivity index (χ0n) is 19.2. The lowest BCUT2D eigenvalue weighted by Gasteiger charge is -2.52. The predicted molar refractivity (Wildman–Crippen MR) is 118 cm³/mol. The van der Waals surface area contributed by atoms with Gasteiger partial charge in [0.15, 0.2) is 17.5 Å². The van der Waals surface area contributed by atoms with Crippen LogP contribution in [0.4, 0.5) is 0 Å². The van der Waals surface area contributed by atoms with Crippen LogP contribution in [0.3, 0.4) is 0 Å². The van der Waals surface area contributed by atoms with Crippen LogP contribution in [0.1, 0.15) is 34.6 Å². The van der Waals surface area contributed by atoms with E-state index < -0.39 is 70.4 Å². The molecule has 0 aromatic rings. The van der Waals surface area contributed by atoms with Crippen LogP contribution in [0.25, 0.3) is 0 Å². The number of ketones is 1. The molecule has 0 radical (unpaired) electrons. The highest BCUT2D eigenvalue weighted by atomic mass is 35.5. The molecular weight excluding hydrogens is 452 g/mol. The lowest BCUT2D eigenvalue weighted by atomic mass is 9.57. The van der Waals surface area contributed by atoms with Crippen LogP contribution in [-0.4, -0.2) is 58.1 Å².